The summed E-state index contributed by atoms with van der Waals surface area (Å²) in [7, 11) is 0. The first-order valence-electron chi connectivity index (χ1n) is 5.22. The smallest absolute Gasteiger partial charge is 0.0445 e. The number of nitrogens with one attached hydrogen (secondary N) is 1. The zero-order chi connectivity index (χ0) is 9.97. The summed E-state index contributed by atoms with van der Waals surface area (Å²) in [6.45, 7) is 3.35. The lowest BCUT2D eigenvalue weighted by atomic mass is 9.93. The highest BCUT2D eigenvalue weighted by atomic mass is 16.3. The molecule has 0 bridgehead atoms. The standard InChI is InChI=1S/C12H17NO/c1-9-2-3-10-7-12(4-5-14)13-8-11(10)6-9/h2-3,6,12-14H,4-5,7-8H2,1H3. The predicted octanol–water partition coefficient (Wildman–Crippen LogP) is 1.39. The molecule has 2 heteroatoms. The number of aliphatic hydroxyl groups is 1. The van der Waals surface area contributed by atoms with Crippen LogP contribution in [-0.2, 0) is 13.0 Å². The molecule has 14 heavy (non-hydrogen) atoms. The van der Waals surface area contributed by atoms with Crippen LogP contribution < -0.4 is 5.32 Å². The van der Waals surface area contributed by atoms with Gasteiger partial charge in [-0.2, -0.15) is 0 Å². The summed E-state index contributed by atoms with van der Waals surface area (Å²) in [5.74, 6) is 0. The molecular weight excluding hydrogens is 174 g/mol. The van der Waals surface area contributed by atoms with Crippen LogP contribution in [0.15, 0.2) is 18.2 Å². The third-order valence-electron chi connectivity index (χ3n) is 2.89. The molecular formula is C12H17NO. The minimum Gasteiger partial charge on any atom is -0.396 e. The van der Waals surface area contributed by atoms with E-state index in [1.807, 2.05) is 0 Å². The molecule has 1 atom stereocenters. The SMILES string of the molecule is Cc1ccc2c(c1)CNC(CCO)C2. The molecule has 0 radical (unpaired) electrons. The van der Waals surface area contributed by atoms with E-state index in [1.54, 1.807) is 0 Å². The maximum Gasteiger partial charge on any atom is 0.0445 e. The second-order valence-corrected chi connectivity index (χ2v) is 4.07. The molecule has 76 valence electrons. The van der Waals surface area contributed by atoms with Gasteiger partial charge in [-0.15, -0.1) is 0 Å². The van der Waals surface area contributed by atoms with Gasteiger partial charge in [-0.1, -0.05) is 23.8 Å². The van der Waals surface area contributed by atoms with E-state index in [-0.39, 0.29) is 6.61 Å². The number of fused-ring (bicyclic) bond motifs is 1. The molecule has 2 N–H and O–H groups in total. The zero-order valence-corrected chi connectivity index (χ0v) is 8.59. The molecule has 2 nitrogen and oxygen atoms in total. The summed E-state index contributed by atoms with van der Waals surface area (Å²) in [4.78, 5) is 0. The minimum atomic E-state index is 0.277. The van der Waals surface area contributed by atoms with Gasteiger partial charge in [0.15, 0.2) is 0 Å². The molecule has 1 aromatic carbocycles. The Labute approximate surface area is 85.0 Å². The molecule has 0 aliphatic carbocycles. The second-order valence-electron chi connectivity index (χ2n) is 4.07. The summed E-state index contributed by atoms with van der Waals surface area (Å²) in [6.07, 6.45) is 1.91. The van der Waals surface area contributed by atoms with Crippen molar-refractivity contribution in [2.75, 3.05) is 6.61 Å². The first-order chi connectivity index (χ1) is 6.79. The van der Waals surface area contributed by atoms with E-state index in [1.165, 1.54) is 16.7 Å². The molecule has 0 saturated carbocycles. The van der Waals surface area contributed by atoms with E-state index in [0.29, 0.717) is 6.04 Å². The lowest BCUT2D eigenvalue weighted by Gasteiger charge is -2.25. The lowest BCUT2D eigenvalue weighted by molar-refractivity contribution is 0.260. The Balaban J connectivity index is 2.15. The van der Waals surface area contributed by atoms with E-state index in [4.69, 9.17) is 5.11 Å². The normalized spacial score (nSPS) is 20.6. The van der Waals surface area contributed by atoms with Crippen molar-refractivity contribution in [1.82, 2.24) is 5.32 Å². The number of hydrogen-bond donors (Lipinski definition) is 2. The number of aliphatic hydroxyl groups excluding tert-OH is 1. The Hall–Kier alpha value is -0.860. The fourth-order valence-corrected chi connectivity index (χ4v) is 2.07. The second kappa shape index (κ2) is 4.11. The van der Waals surface area contributed by atoms with Gasteiger partial charge in [0.25, 0.3) is 0 Å². The molecule has 1 aliphatic rings. The van der Waals surface area contributed by atoms with Crippen LogP contribution in [0.2, 0.25) is 0 Å². The van der Waals surface area contributed by atoms with Crippen molar-refractivity contribution in [1.29, 1.82) is 0 Å². The molecule has 0 fully saturated rings. The molecule has 0 spiro atoms. The van der Waals surface area contributed by atoms with Crippen LogP contribution in [0.1, 0.15) is 23.1 Å². The van der Waals surface area contributed by atoms with Crippen LogP contribution in [-0.4, -0.2) is 17.8 Å². The molecule has 1 aromatic rings. The number of hydrogen-bond acceptors (Lipinski definition) is 2. The van der Waals surface area contributed by atoms with E-state index in [0.717, 1.165) is 19.4 Å². The van der Waals surface area contributed by atoms with Crippen molar-refractivity contribution >= 4 is 0 Å². The third kappa shape index (κ3) is 1.97. The summed E-state index contributed by atoms with van der Waals surface area (Å²) in [5, 5.41) is 12.3. The van der Waals surface area contributed by atoms with Gasteiger partial charge < -0.3 is 10.4 Å². The Morgan fingerprint density at radius 1 is 1.43 bits per heavy atom. The first-order valence-corrected chi connectivity index (χ1v) is 5.22. The van der Waals surface area contributed by atoms with Crippen molar-refractivity contribution < 1.29 is 5.11 Å². The average Bonchev–Trinajstić information content (AvgIpc) is 2.19. The monoisotopic (exact) mass is 191 g/mol. The van der Waals surface area contributed by atoms with Crippen LogP contribution in [0.25, 0.3) is 0 Å². The zero-order valence-electron chi connectivity index (χ0n) is 8.59. The van der Waals surface area contributed by atoms with E-state index >= 15 is 0 Å². The van der Waals surface area contributed by atoms with Crippen molar-refractivity contribution in [3.63, 3.8) is 0 Å². The molecule has 2 rings (SSSR count). The Morgan fingerprint density at radius 3 is 3.07 bits per heavy atom. The molecule has 0 amide bonds. The fourth-order valence-electron chi connectivity index (χ4n) is 2.07. The van der Waals surface area contributed by atoms with Crippen LogP contribution >= 0.6 is 0 Å². The first kappa shape index (κ1) is 9.69. The van der Waals surface area contributed by atoms with Gasteiger partial charge in [-0.05, 0) is 30.9 Å². The molecule has 1 heterocycles. The van der Waals surface area contributed by atoms with E-state index in [2.05, 4.69) is 30.4 Å². The number of rotatable bonds is 2. The van der Waals surface area contributed by atoms with Gasteiger partial charge in [-0.25, -0.2) is 0 Å². The van der Waals surface area contributed by atoms with Crippen molar-refractivity contribution in [2.24, 2.45) is 0 Å². The Kier molecular flexibility index (Phi) is 2.85. The summed E-state index contributed by atoms with van der Waals surface area (Å²) < 4.78 is 0. The van der Waals surface area contributed by atoms with Crippen LogP contribution in [0, 0.1) is 6.92 Å². The van der Waals surface area contributed by atoms with Gasteiger partial charge in [0.05, 0.1) is 0 Å². The molecule has 1 unspecified atom stereocenters. The highest BCUT2D eigenvalue weighted by Gasteiger charge is 2.16. The van der Waals surface area contributed by atoms with Gasteiger partial charge in [-0.3, -0.25) is 0 Å². The van der Waals surface area contributed by atoms with Crippen LogP contribution in [0.3, 0.4) is 0 Å². The topological polar surface area (TPSA) is 32.3 Å². The van der Waals surface area contributed by atoms with Crippen molar-refractivity contribution in [3.8, 4) is 0 Å². The van der Waals surface area contributed by atoms with Crippen molar-refractivity contribution in [3.05, 3.63) is 34.9 Å². The quantitative estimate of drug-likeness (QED) is 0.740. The maximum atomic E-state index is 8.87. The highest BCUT2D eigenvalue weighted by molar-refractivity contribution is 5.33. The summed E-state index contributed by atoms with van der Waals surface area (Å²) in [5.41, 5.74) is 4.18. The van der Waals surface area contributed by atoms with E-state index < -0.39 is 0 Å². The largest absolute Gasteiger partial charge is 0.396 e. The van der Waals surface area contributed by atoms with E-state index in [9.17, 15) is 0 Å². The average molecular weight is 191 g/mol. The van der Waals surface area contributed by atoms with Crippen molar-refractivity contribution in [2.45, 2.75) is 32.4 Å². The third-order valence-corrected chi connectivity index (χ3v) is 2.89. The minimum absolute atomic E-state index is 0.277. The fraction of sp³-hybridized carbons (Fsp3) is 0.500. The molecule has 0 aromatic heterocycles. The van der Waals surface area contributed by atoms with Gasteiger partial charge in [0.2, 0.25) is 0 Å². The Bertz CT molecular complexity index is 322. The number of benzene rings is 1. The highest BCUT2D eigenvalue weighted by Crippen LogP contribution is 2.19. The number of aryl methyl sites for hydroxylation is 1. The summed E-state index contributed by atoms with van der Waals surface area (Å²) >= 11 is 0. The van der Waals surface area contributed by atoms with Gasteiger partial charge in [0, 0.05) is 19.2 Å². The van der Waals surface area contributed by atoms with Crippen LogP contribution in [0.4, 0.5) is 0 Å². The molecule has 1 aliphatic heterocycles. The Morgan fingerprint density at radius 2 is 2.29 bits per heavy atom. The van der Waals surface area contributed by atoms with Gasteiger partial charge in [0.1, 0.15) is 0 Å². The molecule has 0 saturated heterocycles. The lowest BCUT2D eigenvalue weighted by Crippen LogP contribution is -2.36. The maximum absolute atomic E-state index is 8.87. The predicted molar refractivity (Wildman–Crippen MR) is 57.2 cm³/mol. The van der Waals surface area contributed by atoms with Crippen LogP contribution in [0.5, 0.6) is 0 Å². The summed E-state index contributed by atoms with van der Waals surface area (Å²) in [6, 6.07) is 7.09. The van der Waals surface area contributed by atoms with Gasteiger partial charge >= 0.3 is 0 Å².